The topological polar surface area (TPSA) is 0 Å². The molecule has 0 N–H and O–H groups in total. The van der Waals surface area contributed by atoms with Gasteiger partial charge >= 0.3 is 0 Å². The fourth-order valence-electron chi connectivity index (χ4n) is 1.88. The highest BCUT2D eigenvalue weighted by molar-refractivity contribution is 4.84. The van der Waals surface area contributed by atoms with Gasteiger partial charge in [-0.25, -0.2) is 0 Å². The molecule has 0 heteroatoms. The van der Waals surface area contributed by atoms with Crippen LogP contribution in [0.15, 0.2) is 12.2 Å². The highest BCUT2D eigenvalue weighted by Gasteiger charge is 2.21. The zero-order valence-corrected chi connectivity index (χ0v) is 13.1. The second-order valence-corrected chi connectivity index (χ2v) is 3.47. The molecule has 0 saturated heterocycles. The molecule has 1 saturated carbocycles. The lowest BCUT2D eigenvalue weighted by Gasteiger charge is -2.11. The van der Waals surface area contributed by atoms with Crippen molar-refractivity contribution in [1.29, 1.82) is 0 Å². The lowest BCUT2D eigenvalue weighted by atomic mass is 9.95. The third-order valence-corrected chi connectivity index (χ3v) is 2.71. The molecule has 1 aliphatic rings. The monoisotopic (exact) mass is 228 g/mol. The predicted molar refractivity (Wildman–Crippen MR) is 80.0 cm³/mol. The summed E-state index contributed by atoms with van der Waals surface area (Å²) in [5.74, 6) is 1.98. The number of rotatable bonds is 2. The first kappa shape index (κ1) is 21.1. The first-order chi connectivity index (χ1) is 7.84. The molecule has 0 amide bonds. The van der Waals surface area contributed by atoms with Gasteiger partial charge in [0.15, 0.2) is 0 Å². The highest BCUT2D eigenvalue weighted by Crippen LogP contribution is 2.33. The van der Waals surface area contributed by atoms with Crippen LogP contribution in [0.5, 0.6) is 0 Å². The summed E-state index contributed by atoms with van der Waals surface area (Å²) in [6.07, 6.45) is 10.2. The minimum atomic E-state index is 0.983. The van der Waals surface area contributed by atoms with Gasteiger partial charge in [0.2, 0.25) is 0 Å². The smallest absolute Gasteiger partial charge is 0.0320 e. The lowest BCUT2D eigenvalue weighted by molar-refractivity contribution is 0.424. The number of allylic oxidation sites excluding steroid dienone is 2. The quantitative estimate of drug-likeness (QED) is 0.475. The van der Waals surface area contributed by atoms with Crippen molar-refractivity contribution in [2.45, 2.75) is 81.1 Å². The predicted octanol–water partition coefficient (Wildman–Crippen LogP) is 6.47. The van der Waals surface area contributed by atoms with Crippen LogP contribution in [0.4, 0.5) is 0 Å². The van der Waals surface area contributed by atoms with E-state index in [2.05, 4.69) is 26.0 Å². The van der Waals surface area contributed by atoms with Crippen molar-refractivity contribution in [3.8, 4) is 0 Å². The fraction of sp³-hybridized carbons (Fsp3) is 0.875. The van der Waals surface area contributed by atoms with Gasteiger partial charge in [0, 0.05) is 0 Å². The minimum absolute atomic E-state index is 0.983. The molecule has 0 nitrogen and oxygen atoms in total. The molecule has 0 aromatic heterocycles. The Kier molecular flexibility index (Phi) is 26.6. The van der Waals surface area contributed by atoms with Crippen molar-refractivity contribution in [2.75, 3.05) is 0 Å². The Labute approximate surface area is 106 Å². The molecule has 1 aliphatic carbocycles. The zero-order valence-electron chi connectivity index (χ0n) is 13.1. The third-order valence-electron chi connectivity index (χ3n) is 2.71. The van der Waals surface area contributed by atoms with Crippen molar-refractivity contribution in [2.24, 2.45) is 11.8 Å². The molecule has 1 fully saturated rings. The zero-order chi connectivity index (χ0) is 13.4. The van der Waals surface area contributed by atoms with E-state index in [4.69, 9.17) is 0 Å². The van der Waals surface area contributed by atoms with E-state index in [1.54, 1.807) is 0 Å². The van der Waals surface area contributed by atoms with Crippen molar-refractivity contribution in [3.63, 3.8) is 0 Å². The summed E-state index contributed by atoms with van der Waals surface area (Å²) in [5.41, 5.74) is 0. The summed E-state index contributed by atoms with van der Waals surface area (Å²) in [5, 5.41) is 0. The Morgan fingerprint density at radius 1 is 0.938 bits per heavy atom. The first-order valence-corrected chi connectivity index (χ1v) is 7.45. The maximum atomic E-state index is 2.39. The average molecular weight is 228 g/mol. The van der Waals surface area contributed by atoms with Gasteiger partial charge in [-0.1, -0.05) is 73.5 Å². The summed E-state index contributed by atoms with van der Waals surface area (Å²) in [7, 11) is 0. The Morgan fingerprint density at radius 3 is 1.75 bits per heavy atom. The van der Waals surface area contributed by atoms with Gasteiger partial charge in [-0.3, -0.25) is 0 Å². The largest absolute Gasteiger partial charge is 0.0917 e. The first-order valence-electron chi connectivity index (χ1n) is 7.45. The Balaban J connectivity index is -0.000000245. The Hall–Kier alpha value is -0.260. The van der Waals surface area contributed by atoms with Gasteiger partial charge in [-0.05, 0) is 31.6 Å². The number of hydrogen-bond acceptors (Lipinski definition) is 0. The van der Waals surface area contributed by atoms with Crippen LogP contribution in [0.3, 0.4) is 0 Å². The van der Waals surface area contributed by atoms with Crippen molar-refractivity contribution in [3.05, 3.63) is 12.2 Å². The van der Waals surface area contributed by atoms with Crippen LogP contribution in [0.25, 0.3) is 0 Å². The molecule has 2 atom stereocenters. The van der Waals surface area contributed by atoms with Crippen LogP contribution in [0.2, 0.25) is 0 Å². The van der Waals surface area contributed by atoms with Gasteiger partial charge in [0.05, 0.1) is 0 Å². The van der Waals surface area contributed by atoms with Crippen LogP contribution < -0.4 is 0 Å². The normalized spacial score (nSPS) is 22.2. The summed E-state index contributed by atoms with van der Waals surface area (Å²) >= 11 is 0. The minimum Gasteiger partial charge on any atom is -0.0917 e. The van der Waals surface area contributed by atoms with Crippen molar-refractivity contribution in [1.82, 2.24) is 0 Å². The van der Waals surface area contributed by atoms with E-state index in [1.165, 1.54) is 25.7 Å². The van der Waals surface area contributed by atoms with Crippen molar-refractivity contribution < 1.29 is 0 Å². The maximum absolute atomic E-state index is 2.39. The van der Waals surface area contributed by atoms with E-state index >= 15 is 0 Å². The molecule has 2 unspecified atom stereocenters. The summed E-state index contributed by atoms with van der Waals surface area (Å²) in [6.45, 7) is 16.5. The molecule has 0 heterocycles. The lowest BCUT2D eigenvalue weighted by Crippen LogP contribution is -2.01. The Bertz CT molecular complexity index is 113. The molecule has 1 rings (SSSR count). The van der Waals surface area contributed by atoms with Crippen LogP contribution in [0, 0.1) is 11.8 Å². The molecule has 0 spiro atoms. The summed E-state index contributed by atoms with van der Waals surface area (Å²) in [4.78, 5) is 0. The van der Waals surface area contributed by atoms with Crippen LogP contribution in [-0.2, 0) is 0 Å². The molecule has 0 aromatic rings. The van der Waals surface area contributed by atoms with Crippen LogP contribution in [0.1, 0.15) is 81.1 Å². The van der Waals surface area contributed by atoms with E-state index < -0.39 is 0 Å². The van der Waals surface area contributed by atoms with Crippen molar-refractivity contribution >= 4 is 0 Å². The van der Waals surface area contributed by atoms with Gasteiger partial charge < -0.3 is 0 Å². The van der Waals surface area contributed by atoms with Gasteiger partial charge in [-0.2, -0.15) is 0 Å². The second-order valence-electron chi connectivity index (χ2n) is 3.47. The molecule has 0 aromatic carbocycles. The average Bonchev–Trinajstić information content (AvgIpc) is 2.80. The van der Waals surface area contributed by atoms with E-state index in [0.717, 1.165) is 11.8 Å². The SMILES string of the molecule is C/C=C/CC1CCCC1C.CC.CC.CC. The molecule has 16 heavy (non-hydrogen) atoms. The second kappa shape index (κ2) is 20.2. The van der Waals surface area contributed by atoms with E-state index in [1.807, 2.05) is 41.5 Å². The van der Waals surface area contributed by atoms with E-state index in [9.17, 15) is 0 Å². The molecule has 0 bridgehead atoms. The third kappa shape index (κ3) is 11.8. The summed E-state index contributed by atoms with van der Waals surface area (Å²) < 4.78 is 0. The van der Waals surface area contributed by atoms with Gasteiger partial charge in [0.25, 0.3) is 0 Å². The fourth-order valence-corrected chi connectivity index (χ4v) is 1.88. The highest BCUT2D eigenvalue weighted by atomic mass is 14.3. The standard InChI is InChI=1S/C10H18.3C2H6/c1-3-4-7-10-8-5-6-9(10)2;3*1-2/h3-4,9-10H,5-8H2,1-2H3;3*1-2H3/b4-3+;;;. The van der Waals surface area contributed by atoms with Gasteiger partial charge in [0.1, 0.15) is 0 Å². The van der Waals surface area contributed by atoms with Gasteiger partial charge in [-0.15, -0.1) is 0 Å². The molecule has 0 aliphatic heterocycles. The van der Waals surface area contributed by atoms with E-state index in [0.29, 0.717) is 0 Å². The maximum Gasteiger partial charge on any atom is -0.0320 e. The summed E-state index contributed by atoms with van der Waals surface area (Å²) in [6, 6.07) is 0. The molecule has 0 radical (unpaired) electrons. The number of hydrogen-bond donors (Lipinski definition) is 0. The Morgan fingerprint density at radius 2 is 1.44 bits per heavy atom. The van der Waals surface area contributed by atoms with Crippen LogP contribution >= 0.6 is 0 Å². The molecular weight excluding hydrogens is 192 g/mol. The molecule has 100 valence electrons. The van der Waals surface area contributed by atoms with E-state index in [-0.39, 0.29) is 0 Å². The van der Waals surface area contributed by atoms with Crippen LogP contribution in [-0.4, -0.2) is 0 Å². The molecular formula is C16H36.